The largest absolute Gasteiger partial charge is 0.456 e. The lowest BCUT2D eigenvalue weighted by atomic mass is 9.90. The van der Waals surface area contributed by atoms with Gasteiger partial charge in [-0.1, -0.05) is 66.9 Å². The summed E-state index contributed by atoms with van der Waals surface area (Å²) < 4.78 is 9.15. The summed E-state index contributed by atoms with van der Waals surface area (Å²) in [5, 5.41) is 2.15. The fourth-order valence-electron chi connectivity index (χ4n) is 6.50. The third-order valence-electron chi connectivity index (χ3n) is 8.51. The highest BCUT2D eigenvalue weighted by Gasteiger charge is 2.29. The summed E-state index contributed by atoms with van der Waals surface area (Å²) in [6.45, 7) is 16.6. The van der Waals surface area contributed by atoms with Crippen LogP contribution >= 0.6 is 0 Å². The molecule has 5 aromatic rings. The minimum atomic E-state index is 0.617. The van der Waals surface area contributed by atoms with Crippen LogP contribution in [0.1, 0.15) is 59.5 Å². The Morgan fingerprint density at radius 1 is 0.811 bits per heavy atom. The topological polar surface area (TPSA) is 21.4 Å². The van der Waals surface area contributed by atoms with Gasteiger partial charge in [-0.2, -0.15) is 4.57 Å². The van der Waals surface area contributed by atoms with Crippen LogP contribution in [0.25, 0.3) is 49.2 Å². The summed E-state index contributed by atoms with van der Waals surface area (Å²) in [6, 6.07) is 19.1. The van der Waals surface area contributed by atoms with Gasteiger partial charge in [0.1, 0.15) is 18.2 Å². The number of furan rings is 1. The maximum atomic E-state index is 7.84. The predicted octanol–water partition coefficient (Wildman–Crippen LogP) is 9.19. The lowest BCUT2D eigenvalue weighted by molar-refractivity contribution is -0.667. The molecule has 3 aromatic carbocycles. The van der Waals surface area contributed by atoms with Gasteiger partial charge in [0.25, 0.3) is 0 Å². The highest BCUT2D eigenvalue weighted by atomic mass is 16.3. The zero-order chi connectivity index (χ0) is 25.8. The number of aromatic nitrogens is 1. The third kappa shape index (κ3) is 3.66. The average Bonchev–Trinajstić information content (AvgIpc) is 3.55. The Balaban J connectivity index is 1.65. The molecule has 0 amide bonds. The van der Waals surface area contributed by atoms with E-state index in [0.717, 1.165) is 38.6 Å². The molecule has 2 heterocycles. The lowest BCUT2D eigenvalue weighted by Crippen LogP contribution is -2.37. The van der Waals surface area contributed by atoms with Crippen molar-refractivity contribution in [3.63, 3.8) is 0 Å². The number of fused-ring (bicyclic) bond motifs is 3. The SMILES string of the molecule is [C-]#[N+]c1ccc2c(oc3c(-c4cc(C)c(C5CCCC5)c(C)[n+]4C)c(C)ccc32)c1-c1ccc(C)cc1. The summed E-state index contributed by atoms with van der Waals surface area (Å²) in [7, 11) is 2.19. The van der Waals surface area contributed by atoms with Crippen LogP contribution in [0, 0.1) is 34.3 Å². The molecule has 0 unspecified atom stereocenters. The Kier molecular flexibility index (Phi) is 5.64. The van der Waals surface area contributed by atoms with Gasteiger partial charge in [0, 0.05) is 34.9 Å². The maximum absolute atomic E-state index is 7.84. The predicted molar refractivity (Wildman–Crippen MR) is 152 cm³/mol. The van der Waals surface area contributed by atoms with E-state index < -0.39 is 0 Å². The molecule has 0 N–H and O–H groups in total. The Labute approximate surface area is 219 Å². The van der Waals surface area contributed by atoms with E-state index in [0.29, 0.717) is 11.6 Å². The van der Waals surface area contributed by atoms with Gasteiger partial charge in [-0.25, -0.2) is 4.85 Å². The van der Waals surface area contributed by atoms with Gasteiger partial charge in [-0.15, -0.1) is 0 Å². The molecule has 37 heavy (non-hydrogen) atoms. The third-order valence-corrected chi connectivity index (χ3v) is 8.51. The minimum absolute atomic E-state index is 0.617. The van der Waals surface area contributed by atoms with Crippen molar-refractivity contribution < 1.29 is 8.98 Å². The van der Waals surface area contributed by atoms with E-state index in [1.165, 1.54) is 59.3 Å². The van der Waals surface area contributed by atoms with Crippen LogP contribution in [0.4, 0.5) is 5.69 Å². The molecule has 1 fully saturated rings. The van der Waals surface area contributed by atoms with Gasteiger partial charge in [-0.3, -0.25) is 0 Å². The summed E-state index contributed by atoms with van der Waals surface area (Å²) in [6.07, 6.45) is 5.26. The number of hydrogen-bond donors (Lipinski definition) is 0. The standard InChI is InChI=1S/C34H33N2O/c1-20-11-14-25(15-12-20)32-28(35-5)18-17-27-26-16-13-21(2)31(33(26)37-34(27)32)29-19-22(3)30(23(4)36(29)6)24-9-7-8-10-24/h11-19,24H,7-10H2,1-4,6H3/q+1. The van der Waals surface area contributed by atoms with Crippen LogP contribution < -0.4 is 4.57 Å². The monoisotopic (exact) mass is 485 g/mol. The molecule has 1 aliphatic rings. The van der Waals surface area contributed by atoms with Gasteiger partial charge in [0.15, 0.2) is 11.4 Å². The fraction of sp³-hybridized carbons (Fsp3) is 0.294. The number of rotatable bonds is 3. The lowest BCUT2D eigenvalue weighted by Gasteiger charge is -2.17. The van der Waals surface area contributed by atoms with E-state index in [9.17, 15) is 0 Å². The second-order valence-corrected chi connectivity index (χ2v) is 10.8. The summed E-state index contributed by atoms with van der Waals surface area (Å²) >= 11 is 0. The normalized spacial score (nSPS) is 14.1. The van der Waals surface area contributed by atoms with Crippen LogP contribution in [-0.2, 0) is 7.05 Å². The van der Waals surface area contributed by atoms with E-state index >= 15 is 0 Å². The molecule has 3 nitrogen and oxygen atoms in total. The van der Waals surface area contributed by atoms with Gasteiger partial charge in [0.2, 0.25) is 5.69 Å². The molecule has 0 radical (unpaired) electrons. The molecule has 184 valence electrons. The summed E-state index contributed by atoms with van der Waals surface area (Å²) in [5.74, 6) is 0.674. The molecular formula is C34H33N2O+. The van der Waals surface area contributed by atoms with E-state index in [4.69, 9.17) is 11.0 Å². The van der Waals surface area contributed by atoms with Crippen molar-refractivity contribution in [3.8, 4) is 22.4 Å². The van der Waals surface area contributed by atoms with Gasteiger partial charge < -0.3 is 4.42 Å². The average molecular weight is 486 g/mol. The molecule has 0 atom stereocenters. The van der Waals surface area contributed by atoms with Gasteiger partial charge >= 0.3 is 0 Å². The molecule has 1 aliphatic carbocycles. The van der Waals surface area contributed by atoms with Crippen LogP contribution in [-0.4, -0.2) is 0 Å². The molecule has 3 heteroatoms. The van der Waals surface area contributed by atoms with E-state index in [2.05, 4.69) is 86.6 Å². The van der Waals surface area contributed by atoms with Crippen molar-refractivity contribution in [2.75, 3.05) is 0 Å². The first kappa shape index (κ1) is 23.5. The highest BCUT2D eigenvalue weighted by molar-refractivity contribution is 6.15. The Morgan fingerprint density at radius 2 is 1.46 bits per heavy atom. The molecule has 0 spiro atoms. The Morgan fingerprint density at radius 3 is 2.14 bits per heavy atom. The first-order valence-electron chi connectivity index (χ1n) is 13.3. The molecule has 6 rings (SSSR count). The Hall–Kier alpha value is -3.90. The van der Waals surface area contributed by atoms with Crippen molar-refractivity contribution in [1.82, 2.24) is 0 Å². The molecule has 0 saturated heterocycles. The van der Waals surface area contributed by atoms with E-state index in [1.807, 2.05) is 12.1 Å². The maximum Gasteiger partial charge on any atom is 0.216 e. The first-order chi connectivity index (χ1) is 17.9. The minimum Gasteiger partial charge on any atom is -0.456 e. The van der Waals surface area contributed by atoms with Crippen molar-refractivity contribution in [2.24, 2.45) is 7.05 Å². The van der Waals surface area contributed by atoms with Gasteiger partial charge in [-0.05, 0) is 56.2 Å². The molecule has 0 aliphatic heterocycles. The highest BCUT2D eigenvalue weighted by Crippen LogP contribution is 2.45. The van der Waals surface area contributed by atoms with Crippen molar-refractivity contribution in [1.29, 1.82) is 0 Å². The number of pyridine rings is 1. The smallest absolute Gasteiger partial charge is 0.216 e. The summed E-state index contributed by atoms with van der Waals surface area (Å²) in [5.41, 5.74) is 13.2. The van der Waals surface area contributed by atoms with Crippen molar-refractivity contribution in [2.45, 2.75) is 59.3 Å². The molecule has 2 aromatic heterocycles. The van der Waals surface area contributed by atoms with Crippen LogP contribution in [0.15, 0.2) is 59.0 Å². The summed E-state index contributed by atoms with van der Waals surface area (Å²) in [4.78, 5) is 3.86. The number of aryl methyl sites for hydroxylation is 3. The van der Waals surface area contributed by atoms with E-state index in [-0.39, 0.29) is 0 Å². The van der Waals surface area contributed by atoms with Crippen molar-refractivity contribution >= 4 is 27.6 Å². The first-order valence-corrected chi connectivity index (χ1v) is 13.3. The van der Waals surface area contributed by atoms with E-state index in [1.54, 1.807) is 0 Å². The second-order valence-electron chi connectivity index (χ2n) is 10.8. The Bertz CT molecular complexity index is 1730. The zero-order valence-electron chi connectivity index (χ0n) is 22.4. The van der Waals surface area contributed by atoms with Crippen LogP contribution in [0.5, 0.6) is 0 Å². The van der Waals surface area contributed by atoms with Crippen molar-refractivity contribution in [3.05, 3.63) is 94.0 Å². The molecular weight excluding hydrogens is 452 g/mol. The number of nitrogens with zero attached hydrogens (tertiary/aromatic N) is 2. The zero-order valence-corrected chi connectivity index (χ0v) is 22.4. The second kappa shape index (κ2) is 8.89. The number of hydrogen-bond acceptors (Lipinski definition) is 1. The fourth-order valence-corrected chi connectivity index (χ4v) is 6.50. The number of benzene rings is 3. The van der Waals surface area contributed by atoms with Crippen LogP contribution in [0.2, 0.25) is 0 Å². The van der Waals surface area contributed by atoms with Gasteiger partial charge in [0.05, 0.1) is 12.1 Å². The van der Waals surface area contributed by atoms with Crippen LogP contribution in [0.3, 0.4) is 0 Å². The quantitative estimate of drug-likeness (QED) is 0.184. The molecule has 1 saturated carbocycles. The molecule has 0 bridgehead atoms.